The molecule has 3 aromatic rings. The molecule has 0 saturated carbocycles. The van der Waals surface area contributed by atoms with Crippen molar-refractivity contribution in [3.63, 3.8) is 0 Å². The van der Waals surface area contributed by atoms with Crippen molar-refractivity contribution >= 4 is 33.4 Å². The summed E-state index contributed by atoms with van der Waals surface area (Å²) in [5.41, 5.74) is 2.89. The number of thiophene rings is 1. The van der Waals surface area contributed by atoms with Gasteiger partial charge in [-0.1, -0.05) is 24.3 Å². The second kappa shape index (κ2) is 9.01. The lowest BCUT2D eigenvalue weighted by atomic mass is 10.1. The van der Waals surface area contributed by atoms with Crippen molar-refractivity contribution in [2.24, 2.45) is 0 Å². The average molecular weight is 399 g/mol. The first-order valence-corrected chi connectivity index (χ1v) is 10.5. The van der Waals surface area contributed by atoms with Crippen LogP contribution < -0.4 is 15.8 Å². The molecule has 1 aromatic carbocycles. The van der Waals surface area contributed by atoms with Gasteiger partial charge < -0.3 is 10.2 Å². The fourth-order valence-corrected chi connectivity index (χ4v) is 3.96. The smallest absolute Gasteiger partial charge is 0.272 e. The standard InChI is InChI=1S/C21H26N4O2S/c1-4-24(5-2)21-23-17-11-13-28-19(17)20(27)25(21)12-10-18(26)22-14-16-9-7-6-8-15(16)3/h6-9,11,13H,4-5,10,12,14H2,1-3H3,(H,22,26). The van der Waals surface area contributed by atoms with E-state index in [4.69, 9.17) is 0 Å². The first-order chi connectivity index (χ1) is 13.5. The Kier molecular flexibility index (Phi) is 6.46. The van der Waals surface area contributed by atoms with Crippen molar-refractivity contribution < 1.29 is 4.79 Å². The van der Waals surface area contributed by atoms with Gasteiger partial charge in [-0.25, -0.2) is 4.98 Å². The highest BCUT2D eigenvalue weighted by Crippen LogP contribution is 2.19. The minimum atomic E-state index is -0.0769. The Morgan fingerprint density at radius 2 is 1.96 bits per heavy atom. The normalized spacial score (nSPS) is 11.0. The zero-order chi connectivity index (χ0) is 20.1. The molecule has 0 radical (unpaired) electrons. The highest BCUT2D eigenvalue weighted by Gasteiger charge is 2.16. The number of carbonyl (C=O) groups excluding carboxylic acids is 1. The van der Waals surface area contributed by atoms with Gasteiger partial charge in [0.15, 0.2) is 0 Å². The minimum Gasteiger partial charge on any atom is -0.352 e. The van der Waals surface area contributed by atoms with Gasteiger partial charge in [-0.2, -0.15) is 0 Å². The lowest BCUT2D eigenvalue weighted by Crippen LogP contribution is -2.34. The Labute approximate surface area is 168 Å². The monoisotopic (exact) mass is 398 g/mol. The van der Waals surface area contributed by atoms with Gasteiger partial charge >= 0.3 is 0 Å². The summed E-state index contributed by atoms with van der Waals surface area (Å²) in [5, 5.41) is 4.83. The van der Waals surface area contributed by atoms with Gasteiger partial charge in [0.1, 0.15) is 4.70 Å². The molecule has 0 unspecified atom stereocenters. The predicted molar refractivity (Wildman–Crippen MR) is 115 cm³/mol. The van der Waals surface area contributed by atoms with Crippen LogP contribution in [0.5, 0.6) is 0 Å². The Balaban J connectivity index is 1.76. The SMILES string of the molecule is CCN(CC)c1nc2ccsc2c(=O)n1CCC(=O)NCc1ccccc1C. The van der Waals surface area contributed by atoms with Crippen molar-refractivity contribution in [3.05, 3.63) is 57.2 Å². The molecule has 7 heteroatoms. The number of nitrogens with zero attached hydrogens (tertiary/aromatic N) is 3. The third-order valence-electron chi connectivity index (χ3n) is 4.89. The highest BCUT2D eigenvalue weighted by atomic mass is 32.1. The summed E-state index contributed by atoms with van der Waals surface area (Å²) in [6.07, 6.45) is 0.235. The van der Waals surface area contributed by atoms with E-state index >= 15 is 0 Å². The quantitative estimate of drug-likeness (QED) is 0.632. The van der Waals surface area contributed by atoms with Gasteiger partial charge in [0, 0.05) is 32.6 Å². The largest absolute Gasteiger partial charge is 0.352 e. The lowest BCUT2D eigenvalue weighted by molar-refractivity contribution is -0.121. The molecule has 0 aliphatic heterocycles. The van der Waals surface area contributed by atoms with E-state index in [0.29, 0.717) is 23.7 Å². The van der Waals surface area contributed by atoms with E-state index in [1.54, 1.807) is 4.57 Å². The molecule has 148 valence electrons. The third-order valence-corrected chi connectivity index (χ3v) is 5.78. The molecule has 2 heterocycles. The van der Waals surface area contributed by atoms with Crippen LogP contribution in [0.25, 0.3) is 10.2 Å². The maximum Gasteiger partial charge on any atom is 0.272 e. The molecule has 28 heavy (non-hydrogen) atoms. The molecule has 3 rings (SSSR count). The summed E-state index contributed by atoms with van der Waals surface area (Å²) in [7, 11) is 0. The zero-order valence-electron chi connectivity index (χ0n) is 16.6. The number of hydrogen-bond acceptors (Lipinski definition) is 5. The van der Waals surface area contributed by atoms with Crippen molar-refractivity contribution in [1.82, 2.24) is 14.9 Å². The lowest BCUT2D eigenvalue weighted by Gasteiger charge is -2.23. The van der Waals surface area contributed by atoms with Gasteiger partial charge in [-0.3, -0.25) is 14.2 Å². The van der Waals surface area contributed by atoms with Crippen LogP contribution in [0.3, 0.4) is 0 Å². The first kappa shape index (κ1) is 20.1. The third kappa shape index (κ3) is 4.25. The number of benzene rings is 1. The first-order valence-electron chi connectivity index (χ1n) is 9.59. The predicted octanol–water partition coefficient (Wildman–Crippen LogP) is 3.32. The number of carbonyl (C=O) groups is 1. The van der Waals surface area contributed by atoms with E-state index < -0.39 is 0 Å². The molecule has 1 amide bonds. The molecule has 0 spiro atoms. The van der Waals surface area contributed by atoms with Gasteiger partial charge in [-0.05, 0) is 43.3 Å². The summed E-state index contributed by atoms with van der Waals surface area (Å²) in [6.45, 7) is 8.39. The minimum absolute atomic E-state index is 0.0754. The number of aryl methyl sites for hydroxylation is 1. The number of aromatic nitrogens is 2. The average Bonchev–Trinajstić information content (AvgIpc) is 3.17. The number of rotatable bonds is 8. The van der Waals surface area contributed by atoms with Crippen LogP contribution in [0.4, 0.5) is 5.95 Å². The van der Waals surface area contributed by atoms with Gasteiger partial charge in [0.25, 0.3) is 5.56 Å². The van der Waals surface area contributed by atoms with Crippen LogP contribution >= 0.6 is 11.3 Å². The maximum atomic E-state index is 13.0. The van der Waals surface area contributed by atoms with Gasteiger partial charge in [0.2, 0.25) is 11.9 Å². The maximum absolute atomic E-state index is 13.0. The number of fused-ring (bicyclic) bond motifs is 1. The molecule has 1 N–H and O–H groups in total. The molecule has 2 aromatic heterocycles. The highest BCUT2D eigenvalue weighted by molar-refractivity contribution is 7.17. The van der Waals surface area contributed by atoms with Crippen molar-refractivity contribution in [2.75, 3.05) is 18.0 Å². The molecule has 0 saturated heterocycles. The molecule has 0 atom stereocenters. The fraction of sp³-hybridized carbons (Fsp3) is 0.381. The number of nitrogens with one attached hydrogen (secondary N) is 1. The topological polar surface area (TPSA) is 67.2 Å². The van der Waals surface area contributed by atoms with Crippen LogP contribution in [0.1, 0.15) is 31.4 Å². The van der Waals surface area contributed by atoms with Crippen LogP contribution in [-0.4, -0.2) is 28.5 Å². The van der Waals surface area contributed by atoms with Crippen LogP contribution in [-0.2, 0) is 17.9 Å². The molecule has 6 nitrogen and oxygen atoms in total. The zero-order valence-corrected chi connectivity index (χ0v) is 17.4. The Morgan fingerprint density at radius 1 is 1.21 bits per heavy atom. The van der Waals surface area contributed by atoms with Crippen molar-refractivity contribution in [2.45, 2.75) is 40.3 Å². The molecule has 0 bridgehead atoms. The molecule has 0 aliphatic carbocycles. The Morgan fingerprint density at radius 3 is 2.68 bits per heavy atom. The van der Waals surface area contributed by atoms with E-state index in [1.807, 2.05) is 61.4 Å². The van der Waals surface area contributed by atoms with Crippen LogP contribution in [0, 0.1) is 6.92 Å². The molecular weight excluding hydrogens is 372 g/mol. The molecule has 0 aliphatic rings. The number of hydrogen-bond donors (Lipinski definition) is 1. The van der Waals surface area contributed by atoms with Crippen molar-refractivity contribution in [1.29, 1.82) is 0 Å². The fourth-order valence-electron chi connectivity index (χ4n) is 3.19. The Hall–Kier alpha value is -2.67. The second-order valence-electron chi connectivity index (χ2n) is 6.63. The summed E-state index contributed by atoms with van der Waals surface area (Å²) in [4.78, 5) is 32.1. The van der Waals surface area contributed by atoms with Crippen molar-refractivity contribution in [3.8, 4) is 0 Å². The van der Waals surface area contributed by atoms with E-state index in [1.165, 1.54) is 11.3 Å². The summed E-state index contributed by atoms with van der Waals surface area (Å²) in [6, 6.07) is 9.85. The molecule has 0 fully saturated rings. The number of anilines is 1. The second-order valence-corrected chi connectivity index (χ2v) is 7.55. The molecular formula is C21H26N4O2S. The summed E-state index contributed by atoms with van der Waals surface area (Å²) < 4.78 is 2.27. The van der Waals surface area contributed by atoms with Gasteiger partial charge in [-0.15, -0.1) is 11.3 Å². The van der Waals surface area contributed by atoms with Crippen LogP contribution in [0.15, 0.2) is 40.5 Å². The Bertz CT molecular complexity index is 1020. The summed E-state index contributed by atoms with van der Waals surface area (Å²) in [5.74, 6) is 0.555. The van der Waals surface area contributed by atoms with E-state index in [2.05, 4.69) is 10.3 Å². The van der Waals surface area contributed by atoms with E-state index in [0.717, 1.165) is 29.7 Å². The summed E-state index contributed by atoms with van der Waals surface area (Å²) >= 11 is 1.39. The van der Waals surface area contributed by atoms with Crippen LogP contribution in [0.2, 0.25) is 0 Å². The van der Waals surface area contributed by atoms with E-state index in [-0.39, 0.29) is 17.9 Å². The van der Waals surface area contributed by atoms with E-state index in [9.17, 15) is 9.59 Å². The van der Waals surface area contributed by atoms with Gasteiger partial charge in [0.05, 0.1) is 5.52 Å². The number of amides is 1.